The summed E-state index contributed by atoms with van der Waals surface area (Å²) in [7, 11) is -3.48. The van der Waals surface area contributed by atoms with Gasteiger partial charge in [0.25, 0.3) is 0 Å². The Balaban J connectivity index is 1.85. The third kappa shape index (κ3) is 4.96. The summed E-state index contributed by atoms with van der Waals surface area (Å²) in [5.41, 5.74) is -5.24. The number of rotatable bonds is 5. The molecule has 2 N–H and O–H groups in total. The molecule has 11 heteroatoms. The molecule has 29 heavy (non-hydrogen) atoms. The highest BCUT2D eigenvalue weighted by Gasteiger charge is 2.44. The zero-order chi connectivity index (χ0) is 21.3. The Labute approximate surface area is 163 Å². The molecule has 4 atom stereocenters. The van der Waals surface area contributed by atoms with Gasteiger partial charge < -0.3 is 5.32 Å². The third-order valence-electron chi connectivity index (χ3n) is 4.54. The minimum atomic E-state index is -5.07. The minimum absolute atomic E-state index is 0.00311. The molecule has 3 rings (SSSR count). The highest BCUT2D eigenvalue weighted by molar-refractivity contribution is 7.83. The van der Waals surface area contributed by atoms with Gasteiger partial charge in [0.2, 0.25) is 0 Å². The van der Waals surface area contributed by atoms with Crippen LogP contribution in [0.3, 0.4) is 0 Å². The number of halogens is 7. The lowest BCUT2D eigenvalue weighted by Crippen LogP contribution is -2.48. The van der Waals surface area contributed by atoms with E-state index in [0.717, 1.165) is 12.1 Å². The molecule has 1 saturated heterocycles. The fourth-order valence-corrected chi connectivity index (χ4v) is 3.91. The summed E-state index contributed by atoms with van der Waals surface area (Å²) in [6, 6.07) is 4.10. The second-order valence-corrected chi connectivity index (χ2v) is 7.77. The molecule has 0 spiro atoms. The Kier molecular flexibility index (Phi) is 6.30. The summed E-state index contributed by atoms with van der Waals surface area (Å²) in [4.78, 5) is 0. The first-order chi connectivity index (χ1) is 13.6. The molecule has 1 aliphatic rings. The van der Waals surface area contributed by atoms with Crippen LogP contribution in [0.2, 0.25) is 0 Å². The number of alkyl halides is 4. The molecule has 1 fully saturated rings. The number of nitrogens with one attached hydrogen (secondary N) is 2. The molecule has 3 nitrogen and oxygen atoms in total. The Hall–Kier alpha value is -1.98. The monoisotopic (exact) mass is 440 g/mol. The van der Waals surface area contributed by atoms with Crippen molar-refractivity contribution in [2.45, 2.75) is 30.2 Å². The second-order valence-electron chi connectivity index (χ2n) is 6.53. The van der Waals surface area contributed by atoms with Gasteiger partial charge in [0, 0.05) is 24.2 Å². The molecule has 0 aliphatic carbocycles. The number of benzene rings is 2. The van der Waals surface area contributed by atoms with E-state index in [-0.39, 0.29) is 29.7 Å². The van der Waals surface area contributed by atoms with Crippen molar-refractivity contribution in [1.29, 1.82) is 0 Å². The molecule has 1 aliphatic heterocycles. The molecule has 158 valence electrons. The largest absolute Gasteiger partial charge is 0.485 e. The molecule has 2 aromatic rings. The molecule has 0 bridgehead atoms. The smallest absolute Gasteiger partial charge is 0.309 e. The fourth-order valence-electron chi connectivity index (χ4n) is 3.22. The van der Waals surface area contributed by atoms with E-state index in [1.807, 2.05) is 0 Å². The quantitative estimate of drug-likeness (QED) is 0.696. The predicted molar refractivity (Wildman–Crippen MR) is 93.3 cm³/mol. The molecule has 1 heterocycles. The fraction of sp³-hybridized carbons (Fsp3) is 0.333. The minimum Gasteiger partial charge on any atom is -0.309 e. The summed E-state index contributed by atoms with van der Waals surface area (Å²) < 4.78 is 106. The van der Waals surface area contributed by atoms with Crippen molar-refractivity contribution in [3.8, 4) is 11.1 Å². The van der Waals surface area contributed by atoms with E-state index in [4.69, 9.17) is 0 Å². The molecule has 2 aromatic carbocycles. The van der Waals surface area contributed by atoms with Gasteiger partial charge in [-0.15, -0.1) is 0 Å². The average molecular weight is 440 g/mol. The van der Waals surface area contributed by atoms with Crippen LogP contribution < -0.4 is 10.0 Å². The van der Waals surface area contributed by atoms with E-state index in [1.165, 1.54) is 18.2 Å². The van der Waals surface area contributed by atoms with Gasteiger partial charge in [0.05, 0.1) is 6.04 Å². The first-order valence-corrected chi connectivity index (χ1v) is 9.57. The predicted octanol–water partition coefficient (Wildman–Crippen LogP) is 3.77. The molecule has 0 saturated carbocycles. The van der Waals surface area contributed by atoms with Crippen LogP contribution in [0, 0.1) is 17.5 Å². The Morgan fingerprint density at radius 1 is 1.10 bits per heavy atom. The summed E-state index contributed by atoms with van der Waals surface area (Å²) in [5, 5.41) is 2.64. The Morgan fingerprint density at radius 2 is 1.76 bits per heavy atom. The molecule has 0 amide bonds. The standard InChI is InChI=1S/C18H15F7N2OS/c19-11-4-10(5-12(20)7-11)13-3-1-2-9(16(13)22)6-15-17(14(21)8-26-15)27-29(28)18(23,24)25/h1-5,7,14-15,17,26-27H,6,8H2. The summed E-state index contributed by atoms with van der Waals surface area (Å²) >= 11 is 0. The maximum Gasteiger partial charge on any atom is 0.485 e. The van der Waals surface area contributed by atoms with Gasteiger partial charge in [-0.05, 0) is 29.7 Å². The highest BCUT2D eigenvalue weighted by Crippen LogP contribution is 2.29. The number of hydrogen-bond acceptors (Lipinski definition) is 2. The van der Waals surface area contributed by atoms with Crippen molar-refractivity contribution in [2.24, 2.45) is 0 Å². The van der Waals surface area contributed by atoms with E-state index < -0.39 is 52.2 Å². The van der Waals surface area contributed by atoms with Crippen LogP contribution in [0.1, 0.15) is 5.56 Å². The SMILES string of the molecule is O=S(NC1C(F)CNC1Cc1cccc(-c2cc(F)cc(F)c2)c1F)C(F)(F)F. The maximum atomic E-state index is 14.9. The molecule has 0 aromatic heterocycles. The zero-order valence-electron chi connectivity index (χ0n) is 14.6. The van der Waals surface area contributed by atoms with Gasteiger partial charge in [-0.1, -0.05) is 18.2 Å². The molecular formula is C18H15F7N2OS. The normalized spacial score (nSPS) is 23.3. The van der Waals surface area contributed by atoms with Crippen LogP contribution in [0.4, 0.5) is 30.7 Å². The van der Waals surface area contributed by atoms with E-state index >= 15 is 0 Å². The van der Waals surface area contributed by atoms with E-state index in [2.05, 4.69) is 5.32 Å². The van der Waals surface area contributed by atoms with Gasteiger partial charge in [0.1, 0.15) is 23.6 Å². The van der Waals surface area contributed by atoms with Crippen LogP contribution in [-0.4, -0.2) is 34.5 Å². The first-order valence-electron chi connectivity index (χ1n) is 8.42. The Bertz CT molecular complexity index is 901. The van der Waals surface area contributed by atoms with Gasteiger partial charge >= 0.3 is 5.51 Å². The molecule has 4 unspecified atom stereocenters. The lowest BCUT2D eigenvalue weighted by atomic mass is 9.96. The van der Waals surface area contributed by atoms with Gasteiger partial charge in [0.15, 0.2) is 11.0 Å². The molecular weight excluding hydrogens is 425 g/mol. The van der Waals surface area contributed by atoms with Crippen LogP contribution in [0.25, 0.3) is 11.1 Å². The summed E-state index contributed by atoms with van der Waals surface area (Å²) in [6.45, 7) is -0.298. The van der Waals surface area contributed by atoms with Crippen LogP contribution in [0.15, 0.2) is 36.4 Å². The lowest BCUT2D eigenvalue weighted by molar-refractivity contribution is -0.0398. The third-order valence-corrected chi connectivity index (χ3v) is 5.45. The van der Waals surface area contributed by atoms with Crippen molar-refractivity contribution in [3.05, 3.63) is 59.4 Å². The zero-order valence-corrected chi connectivity index (χ0v) is 15.4. The van der Waals surface area contributed by atoms with Crippen LogP contribution in [-0.2, 0) is 17.4 Å². The maximum absolute atomic E-state index is 14.9. The van der Waals surface area contributed by atoms with E-state index in [9.17, 15) is 34.9 Å². The van der Waals surface area contributed by atoms with Crippen LogP contribution in [0.5, 0.6) is 0 Å². The second kappa shape index (κ2) is 8.41. The van der Waals surface area contributed by atoms with Crippen molar-refractivity contribution < 1.29 is 34.9 Å². The van der Waals surface area contributed by atoms with Crippen molar-refractivity contribution in [2.75, 3.05) is 6.54 Å². The van der Waals surface area contributed by atoms with E-state index in [1.54, 1.807) is 4.72 Å². The van der Waals surface area contributed by atoms with Crippen molar-refractivity contribution in [3.63, 3.8) is 0 Å². The summed E-state index contributed by atoms with van der Waals surface area (Å²) in [6.07, 6.45) is -2.00. The van der Waals surface area contributed by atoms with E-state index in [0.29, 0.717) is 6.07 Å². The molecule has 0 radical (unpaired) electrons. The van der Waals surface area contributed by atoms with Crippen LogP contribution >= 0.6 is 0 Å². The van der Waals surface area contributed by atoms with Crippen molar-refractivity contribution >= 4 is 11.0 Å². The average Bonchev–Trinajstić information content (AvgIpc) is 2.95. The number of hydrogen-bond donors (Lipinski definition) is 2. The highest BCUT2D eigenvalue weighted by atomic mass is 32.2. The first kappa shape index (κ1) is 21.7. The van der Waals surface area contributed by atoms with Gasteiger partial charge in [-0.2, -0.15) is 13.2 Å². The lowest BCUT2D eigenvalue weighted by Gasteiger charge is -2.22. The van der Waals surface area contributed by atoms with Gasteiger partial charge in [-0.3, -0.25) is 0 Å². The topological polar surface area (TPSA) is 41.1 Å². The Morgan fingerprint density at radius 3 is 2.38 bits per heavy atom. The summed E-state index contributed by atoms with van der Waals surface area (Å²) in [5.74, 6) is -2.64. The van der Waals surface area contributed by atoms with Crippen molar-refractivity contribution in [1.82, 2.24) is 10.0 Å². The van der Waals surface area contributed by atoms with Gasteiger partial charge in [-0.25, -0.2) is 26.5 Å².